The van der Waals surface area contributed by atoms with Crippen molar-refractivity contribution in [2.75, 3.05) is 0 Å². The Kier molecular flexibility index (Phi) is 5.09. The second kappa shape index (κ2) is 6.39. The molecule has 0 radical (unpaired) electrons. The van der Waals surface area contributed by atoms with E-state index in [0.29, 0.717) is 6.04 Å². The number of benzene rings is 1. The lowest BCUT2D eigenvalue weighted by atomic mass is 10.0. The van der Waals surface area contributed by atoms with Gasteiger partial charge in [0.15, 0.2) is 0 Å². The molecule has 0 amide bonds. The number of aliphatic imine (C=N–C) groups is 1. The van der Waals surface area contributed by atoms with Crippen LogP contribution in [0.5, 0.6) is 0 Å². The Balaban J connectivity index is 2.37. The maximum atomic E-state index is 4.54. The van der Waals surface area contributed by atoms with Crippen LogP contribution in [0.25, 0.3) is 0 Å². The summed E-state index contributed by atoms with van der Waals surface area (Å²) < 4.78 is 0. The largest absolute Gasteiger partial charge is 0.290 e. The lowest BCUT2D eigenvalue weighted by Crippen LogP contribution is -2.01. The number of hydrogen-bond acceptors (Lipinski definition) is 1. The second-order valence-electron chi connectivity index (χ2n) is 4.51. The van der Waals surface area contributed by atoms with Crippen molar-refractivity contribution in [3.63, 3.8) is 0 Å². The van der Waals surface area contributed by atoms with E-state index in [1.54, 1.807) is 0 Å². The van der Waals surface area contributed by atoms with Gasteiger partial charge in [-0.05, 0) is 31.2 Å². The fourth-order valence-electron chi connectivity index (χ4n) is 1.40. The zero-order chi connectivity index (χ0) is 11.1. The Hall–Kier alpha value is -1.11. The van der Waals surface area contributed by atoms with Crippen molar-refractivity contribution in [3.8, 4) is 0 Å². The van der Waals surface area contributed by atoms with Crippen molar-refractivity contribution in [1.29, 1.82) is 0 Å². The van der Waals surface area contributed by atoms with Crippen LogP contribution in [-0.2, 0) is 0 Å². The first kappa shape index (κ1) is 12.0. The van der Waals surface area contributed by atoms with Gasteiger partial charge >= 0.3 is 0 Å². The quantitative estimate of drug-likeness (QED) is 0.643. The Labute approximate surface area is 93.2 Å². The second-order valence-corrected chi connectivity index (χ2v) is 4.51. The number of nitrogens with zero attached hydrogens (tertiary/aromatic N) is 1. The minimum Gasteiger partial charge on any atom is -0.290 e. The fraction of sp³-hybridized carbons (Fsp3) is 0.500. The Bertz CT molecular complexity index is 287. The summed E-state index contributed by atoms with van der Waals surface area (Å²) in [5.41, 5.74) is 1.19. The highest BCUT2D eigenvalue weighted by Gasteiger charge is 2.00. The van der Waals surface area contributed by atoms with Crippen molar-refractivity contribution >= 4 is 6.21 Å². The zero-order valence-corrected chi connectivity index (χ0v) is 9.98. The van der Waals surface area contributed by atoms with Crippen LogP contribution in [0, 0.1) is 5.92 Å². The summed E-state index contributed by atoms with van der Waals surface area (Å²) in [7, 11) is 0. The van der Waals surface area contributed by atoms with Crippen LogP contribution in [0.4, 0.5) is 0 Å². The van der Waals surface area contributed by atoms with Gasteiger partial charge in [-0.25, -0.2) is 0 Å². The van der Waals surface area contributed by atoms with Gasteiger partial charge in [-0.2, -0.15) is 0 Å². The van der Waals surface area contributed by atoms with E-state index in [1.165, 1.54) is 18.4 Å². The van der Waals surface area contributed by atoms with Gasteiger partial charge in [0, 0.05) is 12.3 Å². The number of hydrogen-bond donors (Lipinski definition) is 0. The fourth-order valence-corrected chi connectivity index (χ4v) is 1.40. The minimum atomic E-state index is 0.438. The highest BCUT2D eigenvalue weighted by molar-refractivity contribution is 5.79. The molecule has 0 heterocycles. The Morgan fingerprint density at radius 1 is 1.07 bits per heavy atom. The molecule has 1 atom stereocenters. The van der Waals surface area contributed by atoms with Crippen LogP contribution < -0.4 is 0 Å². The lowest BCUT2D eigenvalue weighted by Gasteiger charge is -2.07. The summed E-state index contributed by atoms with van der Waals surface area (Å²) in [6, 6.07) is 10.7. The van der Waals surface area contributed by atoms with E-state index >= 15 is 0 Å². The maximum absolute atomic E-state index is 4.54. The summed E-state index contributed by atoms with van der Waals surface area (Å²) in [6.07, 6.45) is 4.42. The molecule has 0 saturated heterocycles. The molecule has 0 aliphatic carbocycles. The van der Waals surface area contributed by atoms with Gasteiger partial charge in [-0.3, -0.25) is 4.99 Å². The van der Waals surface area contributed by atoms with Crippen LogP contribution in [0.15, 0.2) is 35.3 Å². The van der Waals surface area contributed by atoms with E-state index in [0.717, 1.165) is 5.92 Å². The molecule has 1 unspecified atom stereocenters. The van der Waals surface area contributed by atoms with Crippen molar-refractivity contribution < 1.29 is 0 Å². The monoisotopic (exact) mass is 203 g/mol. The van der Waals surface area contributed by atoms with Gasteiger partial charge in [0.2, 0.25) is 0 Å². The van der Waals surface area contributed by atoms with Gasteiger partial charge in [-0.15, -0.1) is 0 Å². The van der Waals surface area contributed by atoms with Gasteiger partial charge in [0.25, 0.3) is 0 Å². The predicted octanol–water partition coefficient (Wildman–Crippen LogP) is 3.93. The molecule has 0 fully saturated rings. The molecule has 0 aromatic heterocycles. The minimum absolute atomic E-state index is 0.438. The van der Waals surface area contributed by atoms with E-state index in [2.05, 4.69) is 37.9 Å². The molecule has 0 aliphatic rings. The summed E-state index contributed by atoms with van der Waals surface area (Å²) in [5, 5.41) is 0. The molecular formula is C14H21N. The van der Waals surface area contributed by atoms with Crippen LogP contribution in [-0.4, -0.2) is 12.3 Å². The summed E-state index contributed by atoms with van der Waals surface area (Å²) >= 11 is 0. The van der Waals surface area contributed by atoms with Gasteiger partial charge in [0.05, 0.1) is 0 Å². The standard InChI is InChI=1S/C14H21N/c1-12(2)9-10-13(3)15-11-14-7-5-4-6-8-14/h4-8,11-13H,9-10H2,1-3H3/b15-11+. The molecule has 1 rings (SSSR count). The topological polar surface area (TPSA) is 12.4 Å². The third-order valence-electron chi connectivity index (χ3n) is 2.44. The van der Waals surface area contributed by atoms with Crippen molar-refractivity contribution in [2.45, 2.75) is 39.7 Å². The van der Waals surface area contributed by atoms with Crippen LogP contribution >= 0.6 is 0 Å². The summed E-state index contributed by atoms with van der Waals surface area (Å²) in [4.78, 5) is 4.54. The van der Waals surface area contributed by atoms with E-state index in [4.69, 9.17) is 0 Å². The summed E-state index contributed by atoms with van der Waals surface area (Å²) in [5.74, 6) is 0.777. The van der Waals surface area contributed by atoms with Crippen LogP contribution in [0.3, 0.4) is 0 Å². The average molecular weight is 203 g/mol. The maximum Gasteiger partial charge on any atom is 0.0471 e. The average Bonchev–Trinajstić information content (AvgIpc) is 2.25. The normalized spacial score (nSPS) is 13.6. The molecule has 82 valence electrons. The van der Waals surface area contributed by atoms with E-state index < -0.39 is 0 Å². The summed E-state index contributed by atoms with van der Waals surface area (Å²) in [6.45, 7) is 6.70. The molecule has 0 bridgehead atoms. The highest BCUT2D eigenvalue weighted by Crippen LogP contribution is 2.08. The van der Waals surface area contributed by atoms with Crippen LogP contribution in [0.2, 0.25) is 0 Å². The SMILES string of the molecule is CC(C)CCC(C)/N=C/c1ccccc1. The van der Waals surface area contributed by atoms with E-state index in [9.17, 15) is 0 Å². The van der Waals surface area contributed by atoms with E-state index in [-0.39, 0.29) is 0 Å². The molecule has 1 heteroatoms. The van der Waals surface area contributed by atoms with Gasteiger partial charge in [-0.1, -0.05) is 44.2 Å². The van der Waals surface area contributed by atoms with E-state index in [1.807, 2.05) is 24.4 Å². The zero-order valence-electron chi connectivity index (χ0n) is 9.98. The smallest absolute Gasteiger partial charge is 0.0471 e. The first-order valence-electron chi connectivity index (χ1n) is 5.76. The lowest BCUT2D eigenvalue weighted by molar-refractivity contribution is 0.516. The molecule has 0 aliphatic heterocycles. The molecule has 1 aromatic rings. The Morgan fingerprint density at radius 3 is 2.33 bits per heavy atom. The molecule has 15 heavy (non-hydrogen) atoms. The number of rotatable bonds is 5. The van der Waals surface area contributed by atoms with Gasteiger partial charge < -0.3 is 0 Å². The van der Waals surface area contributed by atoms with Crippen molar-refractivity contribution in [2.24, 2.45) is 10.9 Å². The first-order valence-corrected chi connectivity index (χ1v) is 5.76. The van der Waals surface area contributed by atoms with Crippen molar-refractivity contribution in [1.82, 2.24) is 0 Å². The predicted molar refractivity (Wildman–Crippen MR) is 67.6 cm³/mol. The molecule has 0 saturated carbocycles. The van der Waals surface area contributed by atoms with Crippen LogP contribution in [0.1, 0.15) is 39.2 Å². The molecule has 0 N–H and O–H groups in total. The molecule has 1 aromatic carbocycles. The molecule has 1 nitrogen and oxygen atoms in total. The Morgan fingerprint density at radius 2 is 1.73 bits per heavy atom. The highest BCUT2D eigenvalue weighted by atomic mass is 14.7. The third kappa shape index (κ3) is 5.36. The van der Waals surface area contributed by atoms with Gasteiger partial charge in [0.1, 0.15) is 0 Å². The molecule has 0 spiro atoms. The van der Waals surface area contributed by atoms with Crippen molar-refractivity contribution in [3.05, 3.63) is 35.9 Å². The molecular weight excluding hydrogens is 182 g/mol. The third-order valence-corrected chi connectivity index (χ3v) is 2.44. The first-order chi connectivity index (χ1) is 7.18.